The smallest absolute Gasteiger partial charge is 0.387 e. The average Bonchev–Trinajstić information content (AvgIpc) is 2.07. The van der Waals surface area contributed by atoms with Gasteiger partial charge in [0.1, 0.15) is 5.75 Å². The van der Waals surface area contributed by atoms with Gasteiger partial charge in [-0.3, -0.25) is 4.98 Å². The lowest BCUT2D eigenvalue weighted by molar-refractivity contribution is -0.0501. The van der Waals surface area contributed by atoms with Gasteiger partial charge in [0.2, 0.25) is 0 Å². The van der Waals surface area contributed by atoms with Gasteiger partial charge in [0, 0.05) is 5.69 Å². The molecule has 0 fully saturated rings. The summed E-state index contributed by atoms with van der Waals surface area (Å²) >= 11 is 0. The summed E-state index contributed by atoms with van der Waals surface area (Å²) in [4.78, 5) is 4.00. The molecule has 14 heavy (non-hydrogen) atoms. The van der Waals surface area contributed by atoms with Crippen LogP contribution in [-0.4, -0.2) is 11.6 Å². The Morgan fingerprint density at radius 2 is 2.00 bits per heavy atom. The normalized spacial score (nSPS) is 11.1. The highest BCUT2D eigenvalue weighted by Gasteiger charge is 2.09. The van der Waals surface area contributed by atoms with Crippen LogP contribution in [0.25, 0.3) is 0 Å². The van der Waals surface area contributed by atoms with Crippen LogP contribution in [0.2, 0.25) is 0 Å². The van der Waals surface area contributed by atoms with Gasteiger partial charge in [0.25, 0.3) is 0 Å². The summed E-state index contributed by atoms with van der Waals surface area (Å²) in [6.07, 6.45) is 1.31. The standard InChI is InChI=1S/C10H13F2NO/c1-6(2)9-4-8(14-10(11)12)5-13-7(9)3/h4-6,10H,1-3H3. The van der Waals surface area contributed by atoms with E-state index in [0.29, 0.717) is 0 Å². The molecule has 1 heterocycles. The molecule has 0 N–H and O–H groups in total. The second-order valence-electron chi connectivity index (χ2n) is 3.38. The van der Waals surface area contributed by atoms with E-state index in [0.717, 1.165) is 11.3 Å². The van der Waals surface area contributed by atoms with Gasteiger partial charge < -0.3 is 4.74 Å². The van der Waals surface area contributed by atoms with Crippen LogP contribution in [-0.2, 0) is 0 Å². The lowest BCUT2D eigenvalue weighted by Gasteiger charge is -2.11. The van der Waals surface area contributed by atoms with Crippen molar-refractivity contribution in [3.63, 3.8) is 0 Å². The quantitative estimate of drug-likeness (QED) is 0.749. The van der Waals surface area contributed by atoms with Crippen LogP contribution in [0, 0.1) is 6.92 Å². The van der Waals surface area contributed by atoms with Crippen molar-refractivity contribution in [3.8, 4) is 5.75 Å². The van der Waals surface area contributed by atoms with E-state index in [4.69, 9.17) is 0 Å². The fourth-order valence-electron chi connectivity index (χ4n) is 1.28. The first-order valence-electron chi connectivity index (χ1n) is 4.42. The van der Waals surface area contributed by atoms with Crippen molar-refractivity contribution in [2.45, 2.75) is 33.3 Å². The van der Waals surface area contributed by atoms with Crippen molar-refractivity contribution >= 4 is 0 Å². The van der Waals surface area contributed by atoms with E-state index < -0.39 is 6.61 Å². The minimum atomic E-state index is -2.79. The average molecular weight is 201 g/mol. The van der Waals surface area contributed by atoms with Crippen LogP contribution in [0.4, 0.5) is 8.78 Å². The predicted octanol–water partition coefficient (Wildman–Crippen LogP) is 3.11. The third kappa shape index (κ3) is 2.65. The molecule has 0 radical (unpaired) electrons. The number of aryl methyl sites for hydroxylation is 1. The Bertz CT molecular complexity index is 313. The monoisotopic (exact) mass is 201 g/mol. The Morgan fingerprint density at radius 1 is 1.36 bits per heavy atom. The van der Waals surface area contributed by atoms with Gasteiger partial charge in [-0.25, -0.2) is 0 Å². The number of pyridine rings is 1. The molecule has 0 aliphatic rings. The van der Waals surface area contributed by atoms with Crippen molar-refractivity contribution in [2.24, 2.45) is 0 Å². The van der Waals surface area contributed by atoms with Gasteiger partial charge >= 0.3 is 6.61 Å². The van der Waals surface area contributed by atoms with E-state index in [2.05, 4.69) is 9.72 Å². The predicted molar refractivity (Wildman–Crippen MR) is 49.7 cm³/mol. The molecule has 78 valence electrons. The van der Waals surface area contributed by atoms with Crippen LogP contribution in [0.15, 0.2) is 12.3 Å². The fourth-order valence-corrected chi connectivity index (χ4v) is 1.28. The number of rotatable bonds is 3. The van der Waals surface area contributed by atoms with Gasteiger partial charge in [0.15, 0.2) is 0 Å². The zero-order chi connectivity index (χ0) is 10.7. The Balaban J connectivity index is 2.94. The SMILES string of the molecule is Cc1ncc(OC(F)F)cc1C(C)C. The molecule has 0 saturated carbocycles. The maximum atomic E-state index is 11.9. The minimum Gasteiger partial charge on any atom is -0.433 e. The van der Waals surface area contributed by atoms with Gasteiger partial charge in [-0.05, 0) is 24.5 Å². The molecule has 0 atom stereocenters. The Kier molecular flexibility index (Phi) is 3.38. The zero-order valence-corrected chi connectivity index (χ0v) is 8.42. The number of nitrogens with zero attached hydrogens (tertiary/aromatic N) is 1. The second kappa shape index (κ2) is 4.35. The molecule has 0 bridgehead atoms. The lowest BCUT2D eigenvalue weighted by Crippen LogP contribution is -2.04. The van der Waals surface area contributed by atoms with Crippen molar-refractivity contribution in [1.82, 2.24) is 4.98 Å². The molecule has 2 nitrogen and oxygen atoms in total. The summed E-state index contributed by atoms with van der Waals surface area (Å²) in [6, 6.07) is 1.61. The molecule has 0 aromatic carbocycles. The van der Waals surface area contributed by atoms with Crippen molar-refractivity contribution in [3.05, 3.63) is 23.5 Å². The van der Waals surface area contributed by atoms with E-state index in [9.17, 15) is 8.78 Å². The zero-order valence-electron chi connectivity index (χ0n) is 8.42. The topological polar surface area (TPSA) is 22.1 Å². The summed E-state index contributed by atoms with van der Waals surface area (Å²) < 4.78 is 28.1. The summed E-state index contributed by atoms with van der Waals surface area (Å²) in [5.74, 6) is 0.373. The number of hydrogen-bond acceptors (Lipinski definition) is 2. The summed E-state index contributed by atoms with van der Waals surface area (Å²) in [7, 11) is 0. The maximum Gasteiger partial charge on any atom is 0.387 e. The highest BCUT2D eigenvalue weighted by molar-refractivity contribution is 5.30. The third-order valence-electron chi connectivity index (χ3n) is 1.95. The highest BCUT2D eigenvalue weighted by atomic mass is 19.3. The molecule has 1 aromatic rings. The van der Waals surface area contributed by atoms with Crippen LogP contribution in [0.1, 0.15) is 31.0 Å². The van der Waals surface area contributed by atoms with Gasteiger partial charge in [-0.2, -0.15) is 8.78 Å². The molecule has 0 spiro atoms. The molecule has 1 rings (SSSR count). The summed E-state index contributed by atoms with van der Waals surface area (Å²) in [5, 5.41) is 0. The number of hydrogen-bond donors (Lipinski definition) is 0. The van der Waals surface area contributed by atoms with Crippen LogP contribution in [0.3, 0.4) is 0 Å². The summed E-state index contributed by atoms with van der Waals surface area (Å²) in [5.41, 5.74) is 1.78. The van der Waals surface area contributed by atoms with Crippen LogP contribution >= 0.6 is 0 Å². The van der Waals surface area contributed by atoms with Crippen molar-refractivity contribution < 1.29 is 13.5 Å². The molecule has 1 aromatic heterocycles. The largest absolute Gasteiger partial charge is 0.433 e. The molecular weight excluding hydrogens is 188 g/mol. The fraction of sp³-hybridized carbons (Fsp3) is 0.500. The Labute approximate surface area is 81.9 Å². The van der Waals surface area contributed by atoms with Crippen molar-refractivity contribution in [1.29, 1.82) is 0 Å². The molecule has 0 aliphatic carbocycles. The summed E-state index contributed by atoms with van der Waals surface area (Å²) in [6.45, 7) is 3.02. The van der Waals surface area contributed by atoms with Crippen molar-refractivity contribution in [2.75, 3.05) is 0 Å². The van der Waals surface area contributed by atoms with Gasteiger partial charge in [-0.15, -0.1) is 0 Å². The first-order valence-corrected chi connectivity index (χ1v) is 4.42. The number of ether oxygens (including phenoxy) is 1. The third-order valence-corrected chi connectivity index (χ3v) is 1.95. The van der Waals surface area contributed by atoms with Gasteiger partial charge in [0.05, 0.1) is 6.20 Å². The number of aromatic nitrogens is 1. The minimum absolute atomic E-state index is 0.120. The molecule has 4 heteroatoms. The van der Waals surface area contributed by atoms with E-state index in [-0.39, 0.29) is 11.7 Å². The Hall–Kier alpha value is -1.19. The second-order valence-corrected chi connectivity index (χ2v) is 3.38. The van der Waals surface area contributed by atoms with Gasteiger partial charge in [-0.1, -0.05) is 13.8 Å². The van der Waals surface area contributed by atoms with Crippen LogP contribution in [0.5, 0.6) is 5.75 Å². The Morgan fingerprint density at radius 3 is 2.50 bits per heavy atom. The van der Waals surface area contributed by atoms with E-state index in [1.807, 2.05) is 20.8 Å². The lowest BCUT2D eigenvalue weighted by atomic mass is 10.0. The molecule has 0 amide bonds. The molecular formula is C10H13F2NO. The maximum absolute atomic E-state index is 11.9. The van der Waals surface area contributed by atoms with E-state index in [1.165, 1.54) is 6.20 Å². The molecule has 0 saturated heterocycles. The number of halogens is 2. The first-order chi connectivity index (χ1) is 6.50. The molecule has 0 aliphatic heterocycles. The van der Waals surface area contributed by atoms with E-state index in [1.54, 1.807) is 6.07 Å². The van der Waals surface area contributed by atoms with E-state index >= 15 is 0 Å². The number of alkyl halides is 2. The molecule has 0 unspecified atom stereocenters. The first kappa shape index (κ1) is 10.9. The highest BCUT2D eigenvalue weighted by Crippen LogP contribution is 2.23. The van der Waals surface area contributed by atoms with Crippen LogP contribution < -0.4 is 4.74 Å².